The van der Waals surface area contributed by atoms with Gasteiger partial charge >= 0.3 is 0 Å². The zero-order valence-electron chi connectivity index (χ0n) is 8.71. The summed E-state index contributed by atoms with van der Waals surface area (Å²) in [6, 6.07) is 0. The van der Waals surface area contributed by atoms with Crippen LogP contribution in [0.5, 0.6) is 0 Å². The van der Waals surface area contributed by atoms with Crippen molar-refractivity contribution in [2.45, 2.75) is 45.5 Å². The first-order chi connectivity index (χ1) is 6.36. The average Bonchev–Trinajstić information content (AvgIpc) is 2.64. The monoisotopic (exact) mass is 187 g/mol. The van der Waals surface area contributed by atoms with E-state index in [1.54, 1.807) is 0 Å². The van der Waals surface area contributed by atoms with Gasteiger partial charge in [0.2, 0.25) is 0 Å². The molecule has 0 aromatic rings. The Hall–Kier alpha value is -0.120. The predicted molar refractivity (Wildman–Crippen MR) is 52.7 cm³/mol. The molecule has 3 heteroatoms. The minimum Gasteiger partial charge on any atom is -0.353 e. The Morgan fingerprint density at radius 3 is 2.85 bits per heavy atom. The Balaban J connectivity index is 2.13. The van der Waals surface area contributed by atoms with Crippen molar-refractivity contribution in [3.63, 3.8) is 0 Å². The summed E-state index contributed by atoms with van der Waals surface area (Å²) in [6.07, 6.45) is 3.48. The van der Waals surface area contributed by atoms with Gasteiger partial charge in [-0.25, -0.2) is 0 Å². The van der Waals surface area contributed by atoms with Gasteiger partial charge in [-0.2, -0.15) is 0 Å². The molecule has 0 radical (unpaired) electrons. The minimum absolute atomic E-state index is 0.00449. The molecule has 2 atom stereocenters. The highest BCUT2D eigenvalue weighted by Gasteiger charge is 2.19. The first kappa shape index (κ1) is 11.0. The van der Waals surface area contributed by atoms with Crippen LogP contribution in [0, 0.1) is 0 Å². The fourth-order valence-electron chi connectivity index (χ4n) is 1.46. The smallest absolute Gasteiger partial charge is 0.157 e. The van der Waals surface area contributed by atoms with Gasteiger partial charge in [0.1, 0.15) is 0 Å². The van der Waals surface area contributed by atoms with E-state index in [9.17, 15) is 0 Å². The molecule has 0 spiro atoms. The maximum atomic E-state index is 5.78. The van der Waals surface area contributed by atoms with Crippen LogP contribution < -0.4 is 5.32 Å². The Morgan fingerprint density at radius 2 is 2.31 bits per heavy atom. The summed E-state index contributed by atoms with van der Waals surface area (Å²) in [6.45, 7) is 7.08. The summed E-state index contributed by atoms with van der Waals surface area (Å²) in [7, 11) is 0. The summed E-state index contributed by atoms with van der Waals surface area (Å²) in [5, 5.41) is 3.28. The number of ether oxygens (including phenoxy) is 2. The zero-order valence-corrected chi connectivity index (χ0v) is 8.71. The van der Waals surface area contributed by atoms with Crippen LogP contribution in [0.1, 0.15) is 33.1 Å². The molecule has 0 aromatic carbocycles. The number of hydrogen-bond acceptors (Lipinski definition) is 3. The van der Waals surface area contributed by atoms with Crippen LogP contribution in [0.3, 0.4) is 0 Å². The molecule has 0 amide bonds. The van der Waals surface area contributed by atoms with Crippen molar-refractivity contribution >= 4 is 0 Å². The zero-order chi connectivity index (χ0) is 9.52. The van der Waals surface area contributed by atoms with E-state index in [2.05, 4.69) is 19.2 Å². The maximum Gasteiger partial charge on any atom is 0.157 e. The lowest BCUT2D eigenvalue weighted by Gasteiger charge is -2.20. The largest absolute Gasteiger partial charge is 0.353 e. The van der Waals surface area contributed by atoms with Gasteiger partial charge in [-0.3, -0.25) is 0 Å². The van der Waals surface area contributed by atoms with Crippen LogP contribution >= 0.6 is 0 Å². The quantitative estimate of drug-likeness (QED) is 0.640. The van der Waals surface area contributed by atoms with Crippen LogP contribution in [0.15, 0.2) is 0 Å². The Bertz CT molecular complexity index is 124. The van der Waals surface area contributed by atoms with E-state index in [0.717, 1.165) is 39.0 Å². The van der Waals surface area contributed by atoms with Gasteiger partial charge in [-0.15, -0.1) is 0 Å². The van der Waals surface area contributed by atoms with E-state index in [0.29, 0.717) is 6.10 Å². The Kier molecular flexibility index (Phi) is 5.35. The molecule has 78 valence electrons. The van der Waals surface area contributed by atoms with Gasteiger partial charge in [0.25, 0.3) is 0 Å². The fourth-order valence-corrected chi connectivity index (χ4v) is 1.46. The Labute approximate surface area is 80.8 Å². The molecule has 1 rings (SSSR count). The number of hydrogen-bond donors (Lipinski definition) is 1. The highest BCUT2D eigenvalue weighted by Crippen LogP contribution is 2.10. The van der Waals surface area contributed by atoms with Crippen molar-refractivity contribution in [2.75, 3.05) is 19.7 Å². The van der Waals surface area contributed by atoms with Gasteiger partial charge in [0, 0.05) is 13.2 Å². The minimum atomic E-state index is 0.00449. The summed E-state index contributed by atoms with van der Waals surface area (Å²) < 4.78 is 11.3. The lowest BCUT2D eigenvalue weighted by atomic mass is 10.3. The molecule has 0 aliphatic carbocycles. The van der Waals surface area contributed by atoms with Gasteiger partial charge < -0.3 is 14.8 Å². The second kappa shape index (κ2) is 6.35. The van der Waals surface area contributed by atoms with E-state index in [4.69, 9.17) is 9.47 Å². The van der Waals surface area contributed by atoms with Crippen LogP contribution in [0.2, 0.25) is 0 Å². The first-order valence-electron chi connectivity index (χ1n) is 5.34. The molecular formula is C10H21NO2. The summed E-state index contributed by atoms with van der Waals surface area (Å²) in [5.74, 6) is 0. The average molecular weight is 187 g/mol. The van der Waals surface area contributed by atoms with Gasteiger partial charge in [-0.05, 0) is 25.8 Å². The van der Waals surface area contributed by atoms with Crippen molar-refractivity contribution in [2.24, 2.45) is 0 Å². The van der Waals surface area contributed by atoms with Crippen LogP contribution in [-0.4, -0.2) is 32.1 Å². The second-order valence-electron chi connectivity index (χ2n) is 3.46. The first-order valence-corrected chi connectivity index (χ1v) is 5.34. The third-order valence-corrected chi connectivity index (χ3v) is 2.20. The van der Waals surface area contributed by atoms with Gasteiger partial charge in [0.15, 0.2) is 6.29 Å². The molecule has 3 nitrogen and oxygen atoms in total. The lowest BCUT2D eigenvalue weighted by molar-refractivity contribution is -0.166. The third kappa shape index (κ3) is 4.07. The van der Waals surface area contributed by atoms with Crippen molar-refractivity contribution in [3.8, 4) is 0 Å². The van der Waals surface area contributed by atoms with Gasteiger partial charge in [-0.1, -0.05) is 13.8 Å². The summed E-state index contributed by atoms with van der Waals surface area (Å²) in [4.78, 5) is 0. The third-order valence-electron chi connectivity index (χ3n) is 2.20. The normalized spacial score (nSPS) is 24.9. The molecule has 0 aromatic heterocycles. The van der Waals surface area contributed by atoms with Crippen molar-refractivity contribution in [3.05, 3.63) is 0 Å². The fraction of sp³-hybridized carbons (Fsp3) is 1.00. The van der Waals surface area contributed by atoms with E-state index in [1.165, 1.54) is 0 Å². The second-order valence-corrected chi connectivity index (χ2v) is 3.46. The number of nitrogens with one attached hydrogen (secondary N) is 1. The Morgan fingerprint density at radius 1 is 1.46 bits per heavy atom. The lowest BCUT2D eigenvalue weighted by Crippen LogP contribution is -2.26. The topological polar surface area (TPSA) is 30.5 Å². The molecule has 1 N–H and O–H groups in total. The SMILES string of the molecule is CCCOC(CC)OC1CCNC1. The molecule has 1 heterocycles. The van der Waals surface area contributed by atoms with Crippen molar-refractivity contribution in [1.82, 2.24) is 5.32 Å². The molecule has 1 aliphatic heterocycles. The maximum absolute atomic E-state index is 5.78. The highest BCUT2D eigenvalue weighted by atomic mass is 16.7. The predicted octanol–water partition coefficient (Wildman–Crippen LogP) is 1.53. The van der Waals surface area contributed by atoms with E-state index in [1.807, 2.05) is 0 Å². The number of rotatable bonds is 6. The molecular weight excluding hydrogens is 166 g/mol. The summed E-state index contributed by atoms with van der Waals surface area (Å²) >= 11 is 0. The molecule has 1 saturated heterocycles. The molecule has 0 saturated carbocycles. The van der Waals surface area contributed by atoms with Crippen molar-refractivity contribution in [1.29, 1.82) is 0 Å². The molecule has 1 aliphatic rings. The molecule has 0 bridgehead atoms. The van der Waals surface area contributed by atoms with Crippen molar-refractivity contribution < 1.29 is 9.47 Å². The van der Waals surface area contributed by atoms with E-state index < -0.39 is 0 Å². The summed E-state index contributed by atoms with van der Waals surface area (Å²) in [5.41, 5.74) is 0. The standard InChI is InChI=1S/C10H21NO2/c1-3-7-12-10(4-2)13-9-5-6-11-8-9/h9-11H,3-8H2,1-2H3. The van der Waals surface area contributed by atoms with E-state index in [-0.39, 0.29) is 6.29 Å². The van der Waals surface area contributed by atoms with Crippen LogP contribution in [0.4, 0.5) is 0 Å². The molecule has 2 unspecified atom stereocenters. The van der Waals surface area contributed by atoms with E-state index >= 15 is 0 Å². The molecule has 13 heavy (non-hydrogen) atoms. The van der Waals surface area contributed by atoms with Crippen LogP contribution in [0.25, 0.3) is 0 Å². The van der Waals surface area contributed by atoms with Crippen LogP contribution in [-0.2, 0) is 9.47 Å². The van der Waals surface area contributed by atoms with Gasteiger partial charge in [0.05, 0.1) is 6.10 Å². The molecule has 1 fully saturated rings. The highest BCUT2D eigenvalue weighted by molar-refractivity contribution is 4.71.